The minimum absolute atomic E-state index is 0.0381. The molecule has 3 aromatic rings. The molecule has 26 heavy (non-hydrogen) atoms. The van der Waals surface area contributed by atoms with Gasteiger partial charge in [-0.2, -0.15) is 0 Å². The van der Waals surface area contributed by atoms with Gasteiger partial charge in [0.25, 0.3) is 5.91 Å². The van der Waals surface area contributed by atoms with Crippen LogP contribution in [0.5, 0.6) is 5.75 Å². The average Bonchev–Trinajstić information content (AvgIpc) is 2.95. The van der Waals surface area contributed by atoms with Gasteiger partial charge in [0.05, 0.1) is 17.8 Å². The van der Waals surface area contributed by atoms with Crippen molar-refractivity contribution in [2.24, 2.45) is 5.92 Å². The Hall–Kier alpha value is -2.34. The second kappa shape index (κ2) is 6.76. The zero-order valence-corrected chi connectivity index (χ0v) is 15.9. The zero-order valence-electron chi connectivity index (χ0n) is 15.1. The highest BCUT2D eigenvalue weighted by Crippen LogP contribution is 2.36. The van der Waals surface area contributed by atoms with Crippen LogP contribution in [0.2, 0.25) is 0 Å². The Kier molecular flexibility index (Phi) is 4.44. The van der Waals surface area contributed by atoms with Gasteiger partial charge in [0.2, 0.25) is 0 Å². The van der Waals surface area contributed by atoms with Gasteiger partial charge >= 0.3 is 0 Å². The van der Waals surface area contributed by atoms with Crippen molar-refractivity contribution in [3.8, 4) is 5.75 Å². The quantitative estimate of drug-likeness (QED) is 0.747. The van der Waals surface area contributed by atoms with Crippen molar-refractivity contribution in [1.29, 1.82) is 0 Å². The van der Waals surface area contributed by atoms with Gasteiger partial charge in [0.15, 0.2) is 0 Å². The predicted octanol–water partition coefficient (Wildman–Crippen LogP) is 4.30. The molecule has 3 heterocycles. The summed E-state index contributed by atoms with van der Waals surface area (Å²) < 4.78 is 5.57. The summed E-state index contributed by atoms with van der Waals surface area (Å²) in [4.78, 5) is 21.1. The summed E-state index contributed by atoms with van der Waals surface area (Å²) in [7, 11) is 0. The second-order valence-corrected chi connectivity index (χ2v) is 7.97. The van der Waals surface area contributed by atoms with Crippen molar-refractivity contribution < 1.29 is 9.53 Å². The van der Waals surface area contributed by atoms with E-state index in [9.17, 15) is 4.79 Å². The fourth-order valence-electron chi connectivity index (χ4n) is 3.61. The maximum absolute atomic E-state index is 13.0. The number of fused-ring (bicyclic) bond motifs is 2. The molecule has 1 fully saturated rings. The number of amides is 1. The average molecular weight is 369 g/mol. The molecule has 5 nitrogen and oxygen atoms in total. The Bertz CT molecular complexity index is 982. The van der Waals surface area contributed by atoms with Crippen LogP contribution in [0.15, 0.2) is 24.3 Å². The minimum atomic E-state index is 0.0381. The van der Waals surface area contributed by atoms with Crippen LogP contribution < -0.4 is 10.5 Å². The Morgan fingerprint density at radius 1 is 1.42 bits per heavy atom. The van der Waals surface area contributed by atoms with Crippen LogP contribution in [0.3, 0.4) is 0 Å². The number of likely N-dealkylation sites (tertiary alicyclic amines) is 1. The van der Waals surface area contributed by atoms with Gasteiger partial charge in [0.1, 0.15) is 15.5 Å². The number of hydrogen-bond acceptors (Lipinski definition) is 5. The molecule has 1 saturated heterocycles. The van der Waals surface area contributed by atoms with Crippen LogP contribution >= 0.6 is 11.3 Å². The molecule has 2 N–H and O–H groups in total. The van der Waals surface area contributed by atoms with Crippen molar-refractivity contribution in [2.75, 3.05) is 25.4 Å². The van der Waals surface area contributed by atoms with E-state index in [1.807, 2.05) is 36.1 Å². The number of piperidine rings is 1. The number of benzene rings is 1. The first kappa shape index (κ1) is 17.1. The molecule has 0 aliphatic carbocycles. The SMILES string of the molecule is CCOc1ccc2nc3sc(C(=O)N4CCCC(C)C4)c(N)c3cc2c1. The summed E-state index contributed by atoms with van der Waals surface area (Å²) in [5, 5.41) is 1.82. The summed E-state index contributed by atoms with van der Waals surface area (Å²) >= 11 is 1.40. The number of nitrogen functional groups attached to an aromatic ring is 1. The number of ether oxygens (including phenoxy) is 1. The van der Waals surface area contributed by atoms with Gasteiger partial charge in [0, 0.05) is 23.9 Å². The number of pyridine rings is 1. The monoisotopic (exact) mass is 369 g/mol. The minimum Gasteiger partial charge on any atom is -0.494 e. The van der Waals surface area contributed by atoms with Gasteiger partial charge in [-0.25, -0.2) is 4.98 Å². The molecule has 0 saturated carbocycles. The summed E-state index contributed by atoms with van der Waals surface area (Å²) in [5.74, 6) is 1.39. The van der Waals surface area contributed by atoms with E-state index in [1.54, 1.807) is 0 Å². The van der Waals surface area contributed by atoms with E-state index in [0.29, 0.717) is 23.1 Å². The number of anilines is 1. The molecule has 1 atom stereocenters. The highest BCUT2D eigenvalue weighted by Gasteiger charge is 2.26. The molecule has 1 aromatic carbocycles. The normalized spacial score (nSPS) is 17.8. The summed E-state index contributed by atoms with van der Waals surface area (Å²) in [6.45, 7) is 6.39. The van der Waals surface area contributed by atoms with E-state index in [1.165, 1.54) is 17.8 Å². The smallest absolute Gasteiger partial charge is 0.266 e. The van der Waals surface area contributed by atoms with E-state index in [4.69, 9.17) is 15.5 Å². The largest absolute Gasteiger partial charge is 0.494 e. The lowest BCUT2D eigenvalue weighted by Gasteiger charge is -2.30. The number of thiophene rings is 1. The molecule has 1 unspecified atom stereocenters. The van der Waals surface area contributed by atoms with E-state index in [0.717, 1.165) is 46.4 Å². The lowest BCUT2D eigenvalue weighted by atomic mass is 10.00. The molecular formula is C20H23N3O2S. The Morgan fingerprint density at radius 2 is 2.27 bits per heavy atom. The van der Waals surface area contributed by atoms with Crippen LogP contribution in [-0.4, -0.2) is 35.5 Å². The number of nitrogens with zero attached hydrogens (tertiary/aromatic N) is 2. The third-order valence-electron chi connectivity index (χ3n) is 4.93. The first-order valence-electron chi connectivity index (χ1n) is 9.11. The molecule has 0 radical (unpaired) electrons. The molecule has 1 aliphatic heterocycles. The topological polar surface area (TPSA) is 68.5 Å². The number of hydrogen-bond donors (Lipinski definition) is 1. The van der Waals surface area contributed by atoms with Crippen LogP contribution in [0.4, 0.5) is 5.69 Å². The fraction of sp³-hybridized carbons (Fsp3) is 0.400. The molecule has 1 aliphatic rings. The third-order valence-corrected chi connectivity index (χ3v) is 6.04. The Labute approximate surface area is 156 Å². The van der Waals surface area contributed by atoms with Crippen molar-refractivity contribution >= 4 is 44.1 Å². The van der Waals surface area contributed by atoms with Gasteiger partial charge in [-0.15, -0.1) is 11.3 Å². The number of carbonyl (C=O) groups excluding carboxylic acids is 1. The van der Waals surface area contributed by atoms with Gasteiger partial charge in [-0.1, -0.05) is 6.92 Å². The molecule has 1 amide bonds. The highest BCUT2D eigenvalue weighted by atomic mass is 32.1. The molecule has 0 spiro atoms. The first-order valence-corrected chi connectivity index (χ1v) is 9.93. The molecule has 4 rings (SSSR count). The summed E-state index contributed by atoms with van der Waals surface area (Å²) in [6, 6.07) is 7.85. The van der Waals surface area contributed by atoms with Crippen molar-refractivity contribution in [1.82, 2.24) is 9.88 Å². The zero-order chi connectivity index (χ0) is 18.3. The van der Waals surface area contributed by atoms with E-state index >= 15 is 0 Å². The maximum Gasteiger partial charge on any atom is 0.266 e. The van der Waals surface area contributed by atoms with E-state index in [-0.39, 0.29) is 5.91 Å². The summed E-state index contributed by atoms with van der Waals surface area (Å²) in [5.41, 5.74) is 7.79. The molecular weight excluding hydrogens is 346 g/mol. The van der Waals surface area contributed by atoms with E-state index < -0.39 is 0 Å². The Morgan fingerprint density at radius 3 is 3.04 bits per heavy atom. The number of nitrogens with two attached hydrogens (primary N) is 1. The summed E-state index contributed by atoms with van der Waals surface area (Å²) in [6.07, 6.45) is 2.24. The van der Waals surface area contributed by atoms with E-state index in [2.05, 4.69) is 6.92 Å². The standard InChI is InChI=1S/C20H23N3O2S/c1-3-25-14-6-7-16-13(9-14)10-15-17(21)18(26-19(15)22-16)20(24)23-8-4-5-12(2)11-23/h6-7,9-10,12H,3-5,8,11,21H2,1-2H3. The molecule has 6 heteroatoms. The van der Waals surface area contributed by atoms with Crippen LogP contribution in [-0.2, 0) is 0 Å². The fourth-order valence-corrected chi connectivity index (χ4v) is 4.67. The van der Waals surface area contributed by atoms with Crippen LogP contribution in [0, 0.1) is 5.92 Å². The predicted molar refractivity (Wildman–Crippen MR) is 107 cm³/mol. The van der Waals surface area contributed by atoms with Gasteiger partial charge in [-0.05, 0) is 49.9 Å². The number of rotatable bonds is 3. The van der Waals surface area contributed by atoms with Crippen molar-refractivity contribution in [3.05, 3.63) is 29.1 Å². The van der Waals surface area contributed by atoms with Gasteiger partial charge < -0.3 is 15.4 Å². The van der Waals surface area contributed by atoms with Crippen LogP contribution in [0.1, 0.15) is 36.4 Å². The van der Waals surface area contributed by atoms with Crippen molar-refractivity contribution in [3.63, 3.8) is 0 Å². The van der Waals surface area contributed by atoms with Gasteiger partial charge in [-0.3, -0.25) is 4.79 Å². The first-order chi connectivity index (χ1) is 12.6. The highest BCUT2D eigenvalue weighted by molar-refractivity contribution is 7.21. The molecule has 136 valence electrons. The third kappa shape index (κ3) is 2.98. The van der Waals surface area contributed by atoms with Crippen molar-refractivity contribution in [2.45, 2.75) is 26.7 Å². The lowest BCUT2D eigenvalue weighted by Crippen LogP contribution is -2.38. The molecule has 0 bridgehead atoms. The number of carbonyl (C=O) groups is 1. The Balaban J connectivity index is 1.75. The second-order valence-electron chi connectivity index (χ2n) is 6.97. The number of aromatic nitrogens is 1. The maximum atomic E-state index is 13.0. The lowest BCUT2D eigenvalue weighted by molar-refractivity contribution is 0.0689. The molecule has 2 aromatic heterocycles. The van der Waals surface area contributed by atoms with Crippen LogP contribution in [0.25, 0.3) is 21.1 Å².